The molecular formula is C31H35FN4O2. The third kappa shape index (κ3) is 8.41. The van der Waals surface area contributed by atoms with E-state index < -0.39 is 12.1 Å². The standard InChI is InChI=1S/C31H35FN4O2/c32-28-12-10-24(11-13-28)18-25-14-16-36(17-15-25)22-30(37)29(19-23-4-2-1-3-5-23)35-31(38)34-21-27-8-6-26(20-33)7-9-27/h1-13,25,29-30,37H,14-19,21-22H2,(H2,34,35,38). The maximum Gasteiger partial charge on any atom is 0.315 e. The van der Waals surface area contributed by atoms with Crippen LogP contribution in [0, 0.1) is 23.1 Å². The van der Waals surface area contributed by atoms with Crippen LogP contribution in [0.4, 0.5) is 9.18 Å². The number of urea groups is 1. The van der Waals surface area contributed by atoms with Crippen molar-refractivity contribution in [2.45, 2.75) is 44.4 Å². The van der Waals surface area contributed by atoms with Crippen molar-refractivity contribution in [3.05, 3.63) is 107 Å². The molecule has 3 aromatic rings. The van der Waals surface area contributed by atoms with Crippen LogP contribution in [0.2, 0.25) is 0 Å². The van der Waals surface area contributed by atoms with Crippen molar-refractivity contribution in [2.75, 3.05) is 19.6 Å². The van der Waals surface area contributed by atoms with Crippen LogP contribution >= 0.6 is 0 Å². The van der Waals surface area contributed by atoms with E-state index >= 15 is 0 Å². The Kier molecular flexibility index (Phi) is 9.85. The molecular weight excluding hydrogens is 479 g/mol. The molecule has 1 heterocycles. The van der Waals surface area contributed by atoms with Gasteiger partial charge in [-0.15, -0.1) is 0 Å². The molecule has 2 atom stereocenters. The molecule has 1 saturated heterocycles. The number of β-amino-alcohol motifs (C(OH)–C–C–N with tert-alkyl or cyclic N) is 1. The van der Waals surface area contributed by atoms with E-state index in [1.54, 1.807) is 12.1 Å². The number of amides is 2. The van der Waals surface area contributed by atoms with E-state index in [0.717, 1.165) is 49.0 Å². The van der Waals surface area contributed by atoms with Gasteiger partial charge in [0.25, 0.3) is 0 Å². The van der Waals surface area contributed by atoms with Gasteiger partial charge in [0.05, 0.1) is 23.8 Å². The molecule has 3 aromatic carbocycles. The first-order valence-corrected chi connectivity index (χ1v) is 13.2. The quantitative estimate of drug-likeness (QED) is 0.374. The molecule has 0 spiro atoms. The van der Waals surface area contributed by atoms with E-state index in [4.69, 9.17) is 5.26 Å². The number of rotatable bonds is 10. The second-order valence-electron chi connectivity index (χ2n) is 10.1. The van der Waals surface area contributed by atoms with Crippen molar-refractivity contribution >= 4 is 6.03 Å². The molecule has 1 aliphatic heterocycles. The molecule has 0 aromatic heterocycles. The lowest BCUT2D eigenvalue weighted by Gasteiger charge is -2.35. The average molecular weight is 515 g/mol. The number of hydrogen-bond donors (Lipinski definition) is 3. The topological polar surface area (TPSA) is 88.4 Å². The van der Waals surface area contributed by atoms with Crippen LogP contribution in [-0.2, 0) is 19.4 Å². The maximum absolute atomic E-state index is 13.2. The monoisotopic (exact) mass is 514 g/mol. The van der Waals surface area contributed by atoms with Crippen LogP contribution in [0.5, 0.6) is 0 Å². The van der Waals surface area contributed by atoms with Gasteiger partial charge in [-0.25, -0.2) is 9.18 Å². The SMILES string of the molecule is N#Cc1ccc(CNC(=O)NC(Cc2ccccc2)C(O)CN2CCC(Cc3ccc(F)cc3)CC2)cc1. The van der Waals surface area contributed by atoms with Crippen LogP contribution in [0.3, 0.4) is 0 Å². The largest absolute Gasteiger partial charge is 0.390 e. The van der Waals surface area contributed by atoms with Gasteiger partial charge < -0.3 is 20.6 Å². The van der Waals surface area contributed by atoms with Crippen LogP contribution in [0.1, 0.15) is 35.1 Å². The molecule has 0 aliphatic carbocycles. The minimum atomic E-state index is -0.732. The Morgan fingerprint density at radius 3 is 2.29 bits per heavy atom. The summed E-state index contributed by atoms with van der Waals surface area (Å²) in [5, 5.41) is 26.0. The van der Waals surface area contributed by atoms with Gasteiger partial charge in [-0.05, 0) is 85.6 Å². The van der Waals surface area contributed by atoms with Crippen molar-refractivity contribution in [1.82, 2.24) is 15.5 Å². The molecule has 4 rings (SSSR count). The van der Waals surface area contributed by atoms with Gasteiger partial charge in [-0.2, -0.15) is 5.26 Å². The van der Waals surface area contributed by atoms with Crippen molar-refractivity contribution in [2.24, 2.45) is 5.92 Å². The summed E-state index contributed by atoms with van der Waals surface area (Å²) in [6.45, 7) is 2.57. The molecule has 198 valence electrons. The summed E-state index contributed by atoms with van der Waals surface area (Å²) >= 11 is 0. The predicted molar refractivity (Wildman–Crippen MR) is 146 cm³/mol. The van der Waals surface area contributed by atoms with Crippen molar-refractivity contribution in [3.63, 3.8) is 0 Å². The summed E-state index contributed by atoms with van der Waals surface area (Å²) in [6, 6.07) is 25.0. The third-order valence-corrected chi connectivity index (χ3v) is 7.21. The number of hydrogen-bond acceptors (Lipinski definition) is 4. The van der Waals surface area contributed by atoms with E-state index in [-0.39, 0.29) is 11.8 Å². The molecule has 1 aliphatic rings. The van der Waals surface area contributed by atoms with Gasteiger partial charge in [0.15, 0.2) is 0 Å². The number of carbonyl (C=O) groups is 1. The van der Waals surface area contributed by atoms with Crippen molar-refractivity contribution in [1.29, 1.82) is 5.26 Å². The van der Waals surface area contributed by atoms with E-state index in [1.165, 1.54) is 12.1 Å². The molecule has 0 saturated carbocycles. The number of nitriles is 1. The lowest BCUT2D eigenvalue weighted by molar-refractivity contribution is 0.0653. The van der Waals surface area contributed by atoms with Gasteiger partial charge in [0.2, 0.25) is 0 Å². The van der Waals surface area contributed by atoms with E-state index in [0.29, 0.717) is 31.0 Å². The number of benzene rings is 3. The third-order valence-electron chi connectivity index (χ3n) is 7.21. The zero-order valence-corrected chi connectivity index (χ0v) is 21.5. The number of nitrogens with zero attached hydrogens (tertiary/aromatic N) is 2. The van der Waals surface area contributed by atoms with Crippen LogP contribution in [0.25, 0.3) is 0 Å². The van der Waals surface area contributed by atoms with Crippen LogP contribution in [-0.4, -0.2) is 47.8 Å². The summed E-state index contributed by atoms with van der Waals surface area (Å²) in [5.74, 6) is 0.333. The first kappa shape index (κ1) is 27.3. The molecule has 6 nitrogen and oxygen atoms in total. The van der Waals surface area contributed by atoms with Gasteiger partial charge >= 0.3 is 6.03 Å². The Labute approximate surface area is 224 Å². The number of piperidine rings is 1. The van der Waals surface area contributed by atoms with Gasteiger partial charge in [0.1, 0.15) is 5.82 Å². The fourth-order valence-electron chi connectivity index (χ4n) is 4.97. The lowest BCUT2D eigenvalue weighted by atomic mass is 9.90. The highest BCUT2D eigenvalue weighted by Gasteiger charge is 2.27. The normalized spacial score (nSPS) is 15.8. The average Bonchev–Trinajstić information content (AvgIpc) is 2.94. The summed E-state index contributed by atoms with van der Waals surface area (Å²) < 4.78 is 13.2. The Morgan fingerprint density at radius 2 is 1.63 bits per heavy atom. The second kappa shape index (κ2) is 13.7. The van der Waals surface area contributed by atoms with E-state index in [9.17, 15) is 14.3 Å². The highest BCUT2D eigenvalue weighted by Crippen LogP contribution is 2.22. The summed E-state index contributed by atoms with van der Waals surface area (Å²) in [4.78, 5) is 15.0. The zero-order valence-electron chi connectivity index (χ0n) is 21.5. The summed E-state index contributed by atoms with van der Waals surface area (Å²) in [7, 11) is 0. The Bertz CT molecular complexity index is 1190. The number of aliphatic hydroxyl groups excluding tert-OH is 1. The van der Waals surface area contributed by atoms with Crippen LogP contribution < -0.4 is 10.6 Å². The minimum Gasteiger partial charge on any atom is -0.390 e. The molecule has 1 fully saturated rings. The molecule has 3 N–H and O–H groups in total. The smallest absolute Gasteiger partial charge is 0.315 e. The first-order valence-electron chi connectivity index (χ1n) is 13.2. The number of nitrogens with one attached hydrogen (secondary N) is 2. The van der Waals surface area contributed by atoms with E-state index in [1.807, 2.05) is 54.6 Å². The van der Waals surface area contributed by atoms with Crippen LogP contribution in [0.15, 0.2) is 78.9 Å². The van der Waals surface area contributed by atoms with E-state index in [2.05, 4.69) is 21.6 Å². The molecule has 38 heavy (non-hydrogen) atoms. The molecule has 0 bridgehead atoms. The zero-order chi connectivity index (χ0) is 26.7. The van der Waals surface area contributed by atoms with Gasteiger partial charge in [-0.3, -0.25) is 0 Å². The first-order chi connectivity index (χ1) is 18.5. The Morgan fingerprint density at radius 1 is 0.974 bits per heavy atom. The van der Waals surface area contributed by atoms with Crippen molar-refractivity contribution < 1.29 is 14.3 Å². The fourth-order valence-corrected chi connectivity index (χ4v) is 4.97. The Hall–Kier alpha value is -3.73. The number of likely N-dealkylation sites (tertiary alicyclic amines) is 1. The molecule has 2 amide bonds. The predicted octanol–water partition coefficient (Wildman–Crippen LogP) is 4.42. The highest BCUT2D eigenvalue weighted by molar-refractivity contribution is 5.74. The van der Waals surface area contributed by atoms with Gasteiger partial charge in [0, 0.05) is 13.1 Å². The minimum absolute atomic E-state index is 0.209. The van der Waals surface area contributed by atoms with Gasteiger partial charge in [-0.1, -0.05) is 54.6 Å². The number of carbonyl (C=O) groups excluding carboxylic acids is 1. The number of halogens is 1. The summed E-state index contributed by atoms with van der Waals surface area (Å²) in [5.41, 5.74) is 3.66. The Balaban J connectivity index is 1.29. The second-order valence-corrected chi connectivity index (χ2v) is 10.1. The van der Waals surface area contributed by atoms with Crippen molar-refractivity contribution in [3.8, 4) is 6.07 Å². The summed E-state index contributed by atoms with van der Waals surface area (Å²) in [6.07, 6.45) is 2.77. The molecule has 0 radical (unpaired) electrons. The maximum atomic E-state index is 13.2. The molecule has 2 unspecified atom stereocenters. The number of aliphatic hydroxyl groups is 1. The lowest BCUT2D eigenvalue weighted by Crippen LogP contribution is -2.52. The molecule has 7 heteroatoms. The highest BCUT2D eigenvalue weighted by atomic mass is 19.1. The fraction of sp³-hybridized carbons (Fsp3) is 0.355.